The summed E-state index contributed by atoms with van der Waals surface area (Å²) in [5.41, 5.74) is 0. The Balaban J connectivity index is 0. The van der Waals surface area contributed by atoms with Gasteiger partial charge in [-0.2, -0.15) is 0 Å². The summed E-state index contributed by atoms with van der Waals surface area (Å²) in [7, 11) is 0. The predicted molar refractivity (Wildman–Crippen MR) is 32.1 cm³/mol. The number of rotatable bonds is 1. The first kappa shape index (κ1) is 9.40. The van der Waals surface area contributed by atoms with Gasteiger partial charge in [0.05, 0.1) is 0 Å². The van der Waals surface area contributed by atoms with Crippen LogP contribution in [0.5, 0.6) is 0 Å². The SMILES string of the molecule is C=C[CH2][AlH2].[MgH2]. The van der Waals surface area contributed by atoms with Crippen molar-refractivity contribution in [3.63, 3.8) is 0 Å². The van der Waals surface area contributed by atoms with Gasteiger partial charge in [-0.1, -0.05) is 5.28 Å². The Kier molecular flexibility index (Phi) is 16.7. The van der Waals surface area contributed by atoms with E-state index in [1.54, 1.807) is 0 Å². The Bertz CT molecular complexity index is 20.9. The first-order chi connectivity index (χ1) is 1.91. The minimum absolute atomic E-state index is 0. The van der Waals surface area contributed by atoms with Crippen LogP contribution in [0.15, 0.2) is 12.7 Å². The molecular weight excluding hydrogens is 87.3 g/mol. The van der Waals surface area contributed by atoms with Crippen molar-refractivity contribution in [1.82, 2.24) is 0 Å². The first-order valence-corrected chi connectivity index (χ1v) is 2.94. The zero-order valence-electron chi connectivity index (χ0n) is 2.99. The van der Waals surface area contributed by atoms with Crippen molar-refractivity contribution in [2.24, 2.45) is 0 Å². The monoisotopic (exact) mass is 96.0 g/mol. The standard InChI is InChI=1S/C3H5.Al.Mg.4H/c1-3-2;;;;;;/h3H,1-2H2;;;;;;. The fourth-order valence-corrected chi connectivity index (χ4v) is 0. The van der Waals surface area contributed by atoms with Gasteiger partial charge >= 0.3 is 23.1 Å². The lowest BCUT2D eigenvalue weighted by atomic mass is 10.8. The summed E-state index contributed by atoms with van der Waals surface area (Å²) in [6.07, 6.45) is 1.94. The molecule has 0 rings (SSSR count). The molecule has 26 valence electrons. The van der Waals surface area contributed by atoms with Crippen LogP contribution in [0.2, 0.25) is 5.28 Å². The minimum atomic E-state index is 0. The molecule has 0 atom stereocenters. The largest absolute Gasteiger partial charge is 0.316 e. The van der Waals surface area contributed by atoms with E-state index >= 15 is 0 Å². The van der Waals surface area contributed by atoms with Gasteiger partial charge in [-0.3, -0.25) is 0 Å². The molecule has 0 N–H and O–H groups in total. The van der Waals surface area contributed by atoms with Crippen LogP contribution in [-0.2, 0) is 0 Å². The van der Waals surface area contributed by atoms with Crippen molar-refractivity contribution in [1.29, 1.82) is 0 Å². The van der Waals surface area contributed by atoms with Crippen LogP contribution in [0.4, 0.5) is 0 Å². The quantitative estimate of drug-likeness (QED) is 0.299. The summed E-state index contributed by atoms with van der Waals surface area (Å²) < 4.78 is 0. The molecule has 0 radical (unpaired) electrons. The van der Waals surface area contributed by atoms with E-state index in [2.05, 4.69) is 6.58 Å². The Morgan fingerprint density at radius 1 is 1.80 bits per heavy atom. The van der Waals surface area contributed by atoms with Gasteiger partial charge in [-0.15, -0.1) is 12.7 Å². The van der Waals surface area contributed by atoms with E-state index in [4.69, 9.17) is 0 Å². The van der Waals surface area contributed by atoms with Gasteiger partial charge in [0, 0.05) is 0 Å². The van der Waals surface area contributed by atoms with Gasteiger partial charge in [-0.25, -0.2) is 0 Å². The third-order valence-corrected chi connectivity index (χ3v) is 0.866. The molecule has 0 aromatic rings. The third kappa shape index (κ3) is 11.2. The van der Waals surface area contributed by atoms with Gasteiger partial charge < -0.3 is 0 Å². The summed E-state index contributed by atoms with van der Waals surface area (Å²) in [4.78, 5) is 0. The summed E-state index contributed by atoms with van der Waals surface area (Å²) in [5, 5.41) is 1.22. The lowest BCUT2D eigenvalue weighted by Crippen LogP contribution is -1.47. The lowest BCUT2D eigenvalue weighted by molar-refractivity contribution is 1.76. The normalized spacial score (nSPS) is 4.80. The molecule has 0 saturated carbocycles. The highest BCUT2D eigenvalue weighted by atomic mass is 27.0. The molecule has 0 aliphatic rings. The van der Waals surface area contributed by atoms with Crippen molar-refractivity contribution in [3.05, 3.63) is 12.7 Å². The molecular formula is C3H9AlMg. The Hall–Kier alpha value is 1.04. The molecule has 0 bridgehead atoms. The molecule has 0 aromatic heterocycles. The molecule has 0 aromatic carbocycles. The van der Waals surface area contributed by atoms with Gasteiger partial charge in [-0.05, 0) is 0 Å². The van der Waals surface area contributed by atoms with Crippen molar-refractivity contribution in [2.45, 2.75) is 5.28 Å². The molecule has 0 aliphatic carbocycles. The zero-order chi connectivity index (χ0) is 3.41. The van der Waals surface area contributed by atoms with E-state index < -0.39 is 0 Å². The van der Waals surface area contributed by atoms with Crippen molar-refractivity contribution < 1.29 is 0 Å². The molecule has 0 fully saturated rings. The van der Waals surface area contributed by atoms with Crippen molar-refractivity contribution in [2.75, 3.05) is 0 Å². The molecule has 5 heavy (non-hydrogen) atoms. The highest BCUT2D eigenvalue weighted by Crippen LogP contribution is 1.61. The zero-order valence-corrected chi connectivity index (χ0v) is 4.99. The molecule has 0 aliphatic heterocycles. The van der Waals surface area contributed by atoms with Crippen LogP contribution in [0, 0.1) is 0 Å². The average Bonchev–Trinajstić information content (AvgIpc) is 1.37. The Morgan fingerprint density at radius 3 is 2.00 bits per heavy atom. The maximum atomic E-state index is 3.51. The predicted octanol–water partition coefficient (Wildman–Crippen LogP) is -0.692. The second-order valence-corrected chi connectivity index (χ2v) is 1.51. The summed E-state index contributed by atoms with van der Waals surface area (Å²) in [6, 6.07) is 0. The smallest absolute Gasteiger partial charge is 0.105 e. The Morgan fingerprint density at radius 2 is 2.00 bits per heavy atom. The van der Waals surface area contributed by atoms with E-state index in [-0.39, 0.29) is 23.1 Å². The summed E-state index contributed by atoms with van der Waals surface area (Å²) in [6.45, 7) is 3.51. The molecule has 0 amide bonds. The van der Waals surface area contributed by atoms with Crippen LogP contribution < -0.4 is 0 Å². The van der Waals surface area contributed by atoms with E-state index in [0.717, 1.165) is 0 Å². The highest BCUT2D eigenvalue weighted by Gasteiger charge is 1.49. The highest BCUT2D eigenvalue weighted by molar-refractivity contribution is 6.09. The van der Waals surface area contributed by atoms with E-state index in [1.165, 1.54) is 21.6 Å². The fourth-order valence-electron chi connectivity index (χ4n) is 0. The molecule has 0 saturated heterocycles. The Labute approximate surface area is 57.2 Å². The maximum absolute atomic E-state index is 3.51. The molecule has 0 heterocycles. The molecule has 0 nitrogen and oxygen atoms in total. The fraction of sp³-hybridized carbons (Fsp3) is 0.333. The van der Waals surface area contributed by atoms with E-state index in [0.29, 0.717) is 0 Å². The van der Waals surface area contributed by atoms with Gasteiger partial charge in [0.15, 0.2) is 0 Å². The number of hydrogen-bond acceptors (Lipinski definition) is 0. The summed E-state index contributed by atoms with van der Waals surface area (Å²) >= 11 is 1.27. The van der Waals surface area contributed by atoms with Gasteiger partial charge in [0.1, 0.15) is 0 Å². The van der Waals surface area contributed by atoms with E-state index in [9.17, 15) is 0 Å². The first-order valence-electron chi connectivity index (χ1n) is 1.52. The van der Waals surface area contributed by atoms with Crippen molar-refractivity contribution >= 4 is 39.3 Å². The molecule has 0 spiro atoms. The topological polar surface area (TPSA) is 0 Å². The third-order valence-electron chi connectivity index (χ3n) is 0.289. The van der Waals surface area contributed by atoms with Crippen LogP contribution >= 0.6 is 0 Å². The molecule has 2 heteroatoms. The van der Waals surface area contributed by atoms with Crippen LogP contribution in [-0.4, -0.2) is 39.3 Å². The van der Waals surface area contributed by atoms with Gasteiger partial charge in [0.2, 0.25) is 16.3 Å². The maximum Gasteiger partial charge on any atom is 0.316 e. The van der Waals surface area contributed by atoms with Crippen LogP contribution in [0.25, 0.3) is 0 Å². The lowest BCUT2D eigenvalue weighted by Gasteiger charge is -1.55. The number of hydrogen-bond donors (Lipinski definition) is 0. The van der Waals surface area contributed by atoms with Crippen molar-refractivity contribution in [3.8, 4) is 0 Å². The van der Waals surface area contributed by atoms with Gasteiger partial charge in [0.25, 0.3) is 0 Å². The second kappa shape index (κ2) is 8.90. The second-order valence-electron chi connectivity index (χ2n) is 0.697. The number of allylic oxidation sites excluding steroid dienone is 1. The minimum Gasteiger partial charge on any atom is -0.105 e. The van der Waals surface area contributed by atoms with Crippen LogP contribution in [0.1, 0.15) is 0 Å². The average molecular weight is 96.4 g/mol. The van der Waals surface area contributed by atoms with Crippen LogP contribution in [0.3, 0.4) is 0 Å². The summed E-state index contributed by atoms with van der Waals surface area (Å²) in [5.74, 6) is 0. The molecule has 0 unspecified atom stereocenters. The van der Waals surface area contributed by atoms with E-state index in [1.807, 2.05) is 6.08 Å².